The fourth-order valence-electron chi connectivity index (χ4n) is 2.95. The lowest BCUT2D eigenvalue weighted by Gasteiger charge is -2.35. The van der Waals surface area contributed by atoms with E-state index in [2.05, 4.69) is 15.0 Å². The third kappa shape index (κ3) is 3.57. The van der Waals surface area contributed by atoms with Gasteiger partial charge in [0.1, 0.15) is 11.6 Å². The van der Waals surface area contributed by atoms with E-state index in [1.165, 1.54) is 0 Å². The first kappa shape index (κ1) is 16.7. The predicted octanol–water partition coefficient (Wildman–Crippen LogP) is 2.11. The molecule has 0 radical (unpaired) electrons. The molecule has 1 fully saturated rings. The van der Waals surface area contributed by atoms with Crippen LogP contribution in [0.1, 0.15) is 0 Å². The van der Waals surface area contributed by atoms with Crippen molar-refractivity contribution in [1.82, 2.24) is 19.5 Å². The van der Waals surface area contributed by atoms with Crippen LogP contribution in [0.4, 0.5) is 5.82 Å². The van der Waals surface area contributed by atoms with Crippen LogP contribution in [0.2, 0.25) is 5.02 Å². The van der Waals surface area contributed by atoms with Gasteiger partial charge >= 0.3 is 0 Å². The van der Waals surface area contributed by atoms with E-state index in [9.17, 15) is 4.79 Å². The fraction of sp³-hybridized carbons (Fsp3) is 0.278. The molecule has 1 aromatic carbocycles. The van der Waals surface area contributed by atoms with Crippen LogP contribution in [0.3, 0.4) is 0 Å². The SMILES string of the molecule is O=C(COc1cccc(Cl)c1)N1CCN(c2ccc3nccn3n2)CC1. The lowest BCUT2D eigenvalue weighted by molar-refractivity contribution is -0.133. The van der Waals surface area contributed by atoms with Crippen LogP contribution >= 0.6 is 11.6 Å². The summed E-state index contributed by atoms with van der Waals surface area (Å²) in [5.41, 5.74) is 0.820. The molecule has 1 aliphatic rings. The predicted molar refractivity (Wildman–Crippen MR) is 98.7 cm³/mol. The molecule has 1 amide bonds. The van der Waals surface area contributed by atoms with Crippen LogP contribution in [0.5, 0.6) is 5.75 Å². The average molecular weight is 372 g/mol. The molecule has 0 aliphatic carbocycles. The van der Waals surface area contributed by atoms with Crippen molar-refractivity contribution in [1.29, 1.82) is 0 Å². The van der Waals surface area contributed by atoms with Crippen LogP contribution in [-0.4, -0.2) is 58.2 Å². The number of piperazine rings is 1. The van der Waals surface area contributed by atoms with Crippen LogP contribution in [-0.2, 0) is 4.79 Å². The maximum atomic E-state index is 12.4. The number of rotatable bonds is 4. The summed E-state index contributed by atoms with van der Waals surface area (Å²) in [7, 11) is 0. The molecule has 134 valence electrons. The van der Waals surface area contributed by atoms with E-state index < -0.39 is 0 Å². The van der Waals surface area contributed by atoms with Gasteiger partial charge in [0, 0.05) is 43.6 Å². The Hall–Kier alpha value is -2.80. The molecule has 0 atom stereocenters. The lowest BCUT2D eigenvalue weighted by Crippen LogP contribution is -2.50. The fourth-order valence-corrected chi connectivity index (χ4v) is 3.13. The van der Waals surface area contributed by atoms with Gasteiger partial charge < -0.3 is 14.5 Å². The number of hydrogen-bond donors (Lipinski definition) is 0. The summed E-state index contributed by atoms with van der Waals surface area (Å²) in [5, 5.41) is 5.14. The number of halogens is 1. The Morgan fingerprint density at radius 3 is 2.81 bits per heavy atom. The van der Waals surface area contributed by atoms with Crippen LogP contribution in [0.15, 0.2) is 48.8 Å². The highest BCUT2D eigenvalue weighted by atomic mass is 35.5. The van der Waals surface area contributed by atoms with Gasteiger partial charge in [-0.2, -0.15) is 0 Å². The van der Waals surface area contributed by atoms with Crippen molar-refractivity contribution >= 4 is 29.0 Å². The second-order valence-corrected chi connectivity index (χ2v) is 6.47. The first-order chi connectivity index (χ1) is 12.7. The van der Waals surface area contributed by atoms with E-state index in [4.69, 9.17) is 16.3 Å². The van der Waals surface area contributed by atoms with Gasteiger partial charge in [0.2, 0.25) is 0 Å². The number of anilines is 1. The van der Waals surface area contributed by atoms with Gasteiger partial charge in [-0.05, 0) is 30.3 Å². The topological polar surface area (TPSA) is 63.0 Å². The largest absolute Gasteiger partial charge is 0.484 e. The van der Waals surface area contributed by atoms with E-state index in [0.717, 1.165) is 24.6 Å². The molecule has 0 saturated carbocycles. The summed E-state index contributed by atoms with van der Waals surface area (Å²) in [4.78, 5) is 20.5. The standard InChI is InChI=1S/C18H18ClN5O2/c19-14-2-1-3-15(12-14)26-13-18(25)23-10-8-22(9-11-23)17-5-4-16-20-6-7-24(16)21-17/h1-7,12H,8-11,13H2. The molecule has 4 rings (SSSR count). The normalized spacial score (nSPS) is 14.7. The van der Waals surface area contributed by atoms with Gasteiger partial charge in [-0.25, -0.2) is 9.50 Å². The molecule has 2 aromatic heterocycles. The van der Waals surface area contributed by atoms with E-state index in [1.54, 1.807) is 35.0 Å². The Bertz CT molecular complexity index is 921. The van der Waals surface area contributed by atoms with Gasteiger partial charge in [-0.1, -0.05) is 17.7 Å². The molecule has 26 heavy (non-hydrogen) atoms. The van der Waals surface area contributed by atoms with Crippen molar-refractivity contribution in [2.75, 3.05) is 37.7 Å². The Balaban J connectivity index is 1.31. The Kier molecular flexibility index (Phi) is 4.62. The van der Waals surface area contributed by atoms with Crippen LogP contribution < -0.4 is 9.64 Å². The summed E-state index contributed by atoms with van der Waals surface area (Å²) >= 11 is 5.92. The molecule has 8 heteroatoms. The maximum absolute atomic E-state index is 12.4. The molecule has 0 N–H and O–H groups in total. The second kappa shape index (κ2) is 7.21. The first-order valence-electron chi connectivity index (χ1n) is 8.40. The van der Waals surface area contributed by atoms with E-state index >= 15 is 0 Å². The number of nitrogens with zero attached hydrogens (tertiary/aromatic N) is 5. The molecule has 3 heterocycles. The summed E-state index contributed by atoms with van der Waals surface area (Å²) in [6.45, 7) is 2.76. The quantitative estimate of drug-likeness (QED) is 0.703. The molecule has 0 unspecified atom stereocenters. The van der Waals surface area contributed by atoms with Gasteiger partial charge in [0.25, 0.3) is 5.91 Å². The zero-order chi connectivity index (χ0) is 17.9. The highest BCUT2D eigenvalue weighted by molar-refractivity contribution is 6.30. The Morgan fingerprint density at radius 2 is 2.00 bits per heavy atom. The average Bonchev–Trinajstić information content (AvgIpc) is 3.14. The zero-order valence-electron chi connectivity index (χ0n) is 14.1. The number of imidazole rings is 1. The number of carbonyl (C=O) groups excluding carboxylic acids is 1. The molecule has 7 nitrogen and oxygen atoms in total. The third-order valence-corrected chi connectivity index (χ3v) is 4.59. The monoisotopic (exact) mass is 371 g/mol. The van der Waals surface area contributed by atoms with Gasteiger partial charge in [-0.15, -0.1) is 5.10 Å². The van der Waals surface area contributed by atoms with Crippen molar-refractivity contribution in [3.63, 3.8) is 0 Å². The zero-order valence-corrected chi connectivity index (χ0v) is 14.8. The molecule has 0 spiro atoms. The summed E-state index contributed by atoms with van der Waals surface area (Å²) in [5.74, 6) is 1.46. The highest BCUT2D eigenvalue weighted by Gasteiger charge is 2.22. The molecular weight excluding hydrogens is 354 g/mol. The number of fused-ring (bicyclic) bond motifs is 1. The number of amides is 1. The maximum Gasteiger partial charge on any atom is 0.260 e. The lowest BCUT2D eigenvalue weighted by atomic mass is 10.3. The van der Waals surface area contributed by atoms with Gasteiger partial charge in [-0.3, -0.25) is 4.79 Å². The number of hydrogen-bond acceptors (Lipinski definition) is 5. The van der Waals surface area contributed by atoms with E-state index in [-0.39, 0.29) is 12.5 Å². The van der Waals surface area contributed by atoms with Gasteiger partial charge in [0.15, 0.2) is 12.3 Å². The number of aromatic nitrogens is 3. The van der Waals surface area contributed by atoms with Crippen molar-refractivity contribution < 1.29 is 9.53 Å². The summed E-state index contributed by atoms with van der Waals surface area (Å²) in [6.07, 6.45) is 3.55. The van der Waals surface area contributed by atoms with Crippen molar-refractivity contribution in [2.45, 2.75) is 0 Å². The van der Waals surface area contributed by atoms with Crippen molar-refractivity contribution in [3.05, 3.63) is 53.8 Å². The third-order valence-electron chi connectivity index (χ3n) is 4.36. The summed E-state index contributed by atoms with van der Waals surface area (Å²) < 4.78 is 7.30. The minimum Gasteiger partial charge on any atom is -0.484 e. The molecule has 0 bridgehead atoms. The van der Waals surface area contributed by atoms with Crippen LogP contribution in [0.25, 0.3) is 5.65 Å². The Labute approximate surface area is 155 Å². The first-order valence-corrected chi connectivity index (χ1v) is 8.78. The van der Waals surface area contributed by atoms with Crippen molar-refractivity contribution in [2.24, 2.45) is 0 Å². The van der Waals surface area contributed by atoms with Crippen LogP contribution in [0, 0.1) is 0 Å². The van der Waals surface area contributed by atoms with E-state index in [0.29, 0.717) is 23.9 Å². The van der Waals surface area contributed by atoms with Crippen molar-refractivity contribution in [3.8, 4) is 5.75 Å². The Morgan fingerprint density at radius 1 is 1.15 bits per heavy atom. The van der Waals surface area contributed by atoms with E-state index in [1.807, 2.05) is 23.2 Å². The molecule has 3 aromatic rings. The number of carbonyl (C=O) groups is 1. The highest BCUT2D eigenvalue weighted by Crippen LogP contribution is 2.18. The molecular formula is C18H18ClN5O2. The van der Waals surface area contributed by atoms with Gasteiger partial charge in [0.05, 0.1) is 0 Å². The molecule has 1 saturated heterocycles. The minimum atomic E-state index is -0.0253. The summed E-state index contributed by atoms with van der Waals surface area (Å²) in [6, 6.07) is 11.0. The smallest absolute Gasteiger partial charge is 0.260 e. The molecule has 1 aliphatic heterocycles. The number of benzene rings is 1. The number of ether oxygens (including phenoxy) is 1. The minimum absolute atomic E-state index is 0.0135. The second-order valence-electron chi connectivity index (χ2n) is 6.04.